The topological polar surface area (TPSA) is 120 Å². The molecule has 0 aromatic heterocycles. The van der Waals surface area contributed by atoms with E-state index in [9.17, 15) is 19.7 Å². The number of methoxy groups -OCH3 is 1. The van der Waals surface area contributed by atoms with Gasteiger partial charge in [0.1, 0.15) is 17.0 Å². The van der Waals surface area contributed by atoms with Crippen molar-refractivity contribution in [2.24, 2.45) is 0 Å². The maximum absolute atomic E-state index is 12.5. The van der Waals surface area contributed by atoms with Gasteiger partial charge in [-0.2, -0.15) is 0 Å². The van der Waals surface area contributed by atoms with Gasteiger partial charge < -0.3 is 14.8 Å². The zero-order chi connectivity index (χ0) is 19.8. The van der Waals surface area contributed by atoms with Crippen molar-refractivity contribution in [1.29, 1.82) is 0 Å². The maximum Gasteiger partial charge on any atom is 0.412 e. The minimum absolute atomic E-state index is 0.00684. The summed E-state index contributed by atoms with van der Waals surface area (Å²) in [5, 5.41) is 16.4. The third-order valence-electron chi connectivity index (χ3n) is 4.17. The van der Waals surface area contributed by atoms with Crippen molar-refractivity contribution < 1.29 is 24.0 Å². The summed E-state index contributed by atoms with van der Waals surface area (Å²) in [6.07, 6.45) is -0.697. The summed E-state index contributed by atoms with van der Waals surface area (Å²) in [4.78, 5) is 35.0. The highest BCUT2D eigenvalue weighted by Crippen LogP contribution is 2.41. The molecule has 27 heavy (non-hydrogen) atoms. The highest BCUT2D eigenvalue weighted by atomic mass is 16.6. The SMILES string of the molecule is COc1ccc(C(=O)Nc2cc3c(cc2[N+](=O)[O-])NC(=O)OC3(C)C)cc1. The van der Waals surface area contributed by atoms with Gasteiger partial charge in [0.2, 0.25) is 0 Å². The monoisotopic (exact) mass is 371 g/mol. The van der Waals surface area contributed by atoms with Crippen LogP contribution in [0, 0.1) is 10.1 Å². The van der Waals surface area contributed by atoms with E-state index in [0.29, 0.717) is 16.9 Å². The molecule has 2 aromatic rings. The largest absolute Gasteiger partial charge is 0.497 e. The first-order valence-corrected chi connectivity index (χ1v) is 7.99. The second-order valence-electron chi connectivity index (χ2n) is 6.38. The van der Waals surface area contributed by atoms with E-state index >= 15 is 0 Å². The molecular weight excluding hydrogens is 354 g/mol. The lowest BCUT2D eigenvalue weighted by molar-refractivity contribution is -0.383. The number of nitrogens with one attached hydrogen (secondary N) is 2. The molecule has 0 saturated heterocycles. The molecule has 0 radical (unpaired) electrons. The summed E-state index contributed by atoms with van der Waals surface area (Å²) in [6, 6.07) is 8.97. The molecule has 0 saturated carbocycles. The first-order chi connectivity index (χ1) is 12.7. The molecule has 1 aliphatic rings. The number of carbonyl (C=O) groups excluding carboxylic acids is 2. The number of amides is 2. The second kappa shape index (κ2) is 6.60. The first-order valence-electron chi connectivity index (χ1n) is 7.99. The van der Waals surface area contributed by atoms with Gasteiger partial charge in [-0.25, -0.2) is 4.79 Å². The first kappa shape index (κ1) is 18.2. The van der Waals surface area contributed by atoms with Crippen molar-refractivity contribution in [1.82, 2.24) is 0 Å². The number of hydrogen-bond acceptors (Lipinski definition) is 6. The molecule has 0 bridgehead atoms. The number of nitrogens with zero attached hydrogens (tertiary/aromatic N) is 1. The molecule has 1 aliphatic heterocycles. The fraction of sp³-hybridized carbons (Fsp3) is 0.222. The summed E-state index contributed by atoms with van der Waals surface area (Å²) in [6.45, 7) is 3.32. The summed E-state index contributed by atoms with van der Waals surface area (Å²) in [5.74, 6) is 0.0697. The third-order valence-corrected chi connectivity index (χ3v) is 4.17. The fourth-order valence-electron chi connectivity index (χ4n) is 2.80. The van der Waals surface area contributed by atoms with Crippen molar-refractivity contribution in [2.45, 2.75) is 19.4 Å². The van der Waals surface area contributed by atoms with Gasteiger partial charge in [-0.15, -0.1) is 0 Å². The van der Waals surface area contributed by atoms with Crippen LogP contribution >= 0.6 is 0 Å². The van der Waals surface area contributed by atoms with E-state index in [4.69, 9.17) is 9.47 Å². The minimum atomic E-state index is -1.01. The van der Waals surface area contributed by atoms with Crippen LogP contribution < -0.4 is 15.4 Å². The van der Waals surface area contributed by atoms with Crippen LogP contribution in [0.4, 0.5) is 21.9 Å². The summed E-state index contributed by atoms with van der Waals surface area (Å²) < 4.78 is 10.3. The molecule has 0 fully saturated rings. The quantitative estimate of drug-likeness (QED) is 0.625. The number of anilines is 2. The van der Waals surface area contributed by atoms with Crippen LogP contribution in [-0.2, 0) is 10.3 Å². The Bertz CT molecular complexity index is 937. The molecule has 1 heterocycles. The van der Waals surface area contributed by atoms with Crippen LogP contribution in [0.25, 0.3) is 0 Å². The Balaban J connectivity index is 2.00. The van der Waals surface area contributed by atoms with E-state index in [1.54, 1.807) is 38.1 Å². The van der Waals surface area contributed by atoms with Gasteiger partial charge in [0.15, 0.2) is 0 Å². The Morgan fingerprint density at radius 3 is 2.52 bits per heavy atom. The lowest BCUT2D eigenvalue weighted by Crippen LogP contribution is -2.35. The normalized spacial score (nSPS) is 14.4. The van der Waals surface area contributed by atoms with Crippen LogP contribution in [0.1, 0.15) is 29.8 Å². The van der Waals surface area contributed by atoms with E-state index < -0.39 is 22.5 Å². The molecule has 2 aromatic carbocycles. The second-order valence-corrected chi connectivity index (χ2v) is 6.38. The fourth-order valence-corrected chi connectivity index (χ4v) is 2.80. The van der Waals surface area contributed by atoms with Crippen molar-refractivity contribution in [3.8, 4) is 5.75 Å². The summed E-state index contributed by atoms with van der Waals surface area (Å²) in [7, 11) is 1.51. The predicted molar refractivity (Wildman–Crippen MR) is 97.2 cm³/mol. The lowest BCUT2D eigenvalue weighted by atomic mass is 9.93. The minimum Gasteiger partial charge on any atom is -0.497 e. The molecular formula is C18H17N3O6. The molecule has 2 N–H and O–H groups in total. The van der Waals surface area contributed by atoms with Crippen molar-refractivity contribution >= 4 is 29.1 Å². The van der Waals surface area contributed by atoms with Crippen molar-refractivity contribution in [3.05, 3.63) is 57.6 Å². The van der Waals surface area contributed by atoms with Gasteiger partial charge in [0.05, 0.1) is 17.7 Å². The number of fused-ring (bicyclic) bond motifs is 1. The molecule has 3 rings (SSSR count). The van der Waals surface area contributed by atoms with Gasteiger partial charge in [0.25, 0.3) is 11.6 Å². The Morgan fingerprint density at radius 2 is 1.93 bits per heavy atom. The number of rotatable bonds is 4. The molecule has 140 valence electrons. The van der Waals surface area contributed by atoms with Crippen LogP contribution in [0.3, 0.4) is 0 Å². The number of ether oxygens (including phenoxy) is 2. The molecule has 0 spiro atoms. The number of nitro benzene ring substituents is 1. The van der Waals surface area contributed by atoms with Gasteiger partial charge in [-0.05, 0) is 44.2 Å². The standard InChI is InChI=1S/C18H17N3O6/c1-18(2)12-8-14(15(21(24)25)9-13(12)20-17(23)27-18)19-16(22)10-4-6-11(26-3)7-5-10/h4-9H,1-3H3,(H,19,22)(H,20,23). The average Bonchev–Trinajstić information content (AvgIpc) is 2.61. The third kappa shape index (κ3) is 3.52. The van der Waals surface area contributed by atoms with E-state index in [1.807, 2.05) is 0 Å². The highest BCUT2D eigenvalue weighted by Gasteiger charge is 2.36. The smallest absolute Gasteiger partial charge is 0.412 e. The van der Waals surface area contributed by atoms with Crippen LogP contribution in [-0.4, -0.2) is 24.0 Å². The highest BCUT2D eigenvalue weighted by molar-refractivity contribution is 6.06. The predicted octanol–water partition coefficient (Wildman–Crippen LogP) is 3.65. The van der Waals surface area contributed by atoms with E-state index in [2.05, 4.69) is 10.6 Å². The molecule has 9 heteroatoms. The van der Waals surface area contributed by atoms with Crippen molar-refractivity contribution in [3.63, 3.8) is 0 Å². The lowest BCUT2D eigenvalue weighted by Gasteiger charge is -2.32. The van der Waals surface area contributed by atoms with E-state index in [1.165, 1.54) is 19.2 Å². The van der Waals surface area contributed by atoms with Gasteiger partial charge >= 0.3 is 6.09 Å². The van der Waals surface area contributed by atoms with Gasteiger partial charge in [0, 0.05) is 17.2 Å². The number of carbonyl (C=O) groups is 2. The van der Waals surface area contributed by atoms with E-state index in [-0.39, 0.29) is 17.1 Å². The maximum atomic E-state index is 12.5. The molecule has 0 atom stereocenters. The molecule has 2 amide bonds. The Morgan fingerprint density at radius 1 is 1.26 bits per heavy atom. The molecule has 9 nitrogen and oxygen atoms in total. The zero-order valence-corrected chi connectivity index (χ0v) is 14.9. The van der Waals surface area contributed by atoms with Crippen LogP contribution in [0.5, 0.6) is 5.75 Å². The number of benzene rings is 2. The van der Waals surface area contributed by atoms with Gasteiger partial charge in [-0.3, -0.25) is 20.2 Å². The number of hydrogen-bond donors (Lipinski definition) is 2. The number of nitro groups is 1. The summed E-state index contributed by atoms with van der Waals surface area (Å²) >= 11 is 0. The summed E-state index contributed by atoms with van der Waals surface area (Å²) in [5.41, 5.74) is -0.248. The molecule has 0 unspecified atom stereocenters. The van der Waals surface area contributed by atoms with Crippen molar-refractivity contribution in [2.75, 3.05) is 17.7 Å². The molecule has 0 aliphatic carbocycles. The zero-order valence-electron chi connectivity index (χ0n) is 14.9. The van der Waals surface area contributed by atoms with Crippen LogP contribution in [0.2, 0.25) is 0 Å². The van der Waals surface area contributed by atoms with E-state index in [0.717, 1.165) is 0 Å². The number of cyclic esters (lactones) is 1. The average molecular weight is 371 g/mol. The van der Waals surface area contributed by atoms with Crippen LogP contribution in [0.15, 0.2) is 36.4 Å². The van der Waals surface area contributed by atoms with Gasteiger partial charge in [-0.1, -0.05) is 0 Å². The Labute approximate surface area is 154 Å². The Hall–Kier alpha value is -3.62. The Kier molecular flexibility index (Phi) is 4.44.